The van der Waals surface area contributed by atoms with Crippen LogP contribution in [0, 0.1) is 0 Å². The van der Waals surface area contributed by atoms with E-state index >= 15 is 0 Å². The minimum Gasteiger partial charge on any atom is -0.487 e. The summed E-state index contributed by atoms with van der Waals surface area (Å²) in [6.45, 7) is 1.63. The van der Waals surface area contributed by atoms with E-state index in [0.29, 0.717) is 13.2 Å². The van der Waals surface area contributed by atoms with Crippen molar-refractivity contribution in [1.82, 2.24) is 20.1 Å². The van der Waals surface area contributed by atoms with E-state index in [1.54, 1.807) is 18.5 Å². The molecule has 1 amide bonds. The van der Waals surface area contributed by atoms with Gasteiger partial charge in [-0.05, 0) is 53.1 Å². The number of amides is 1. The van der Waals surface area contributed by atoms with Gasteiger partial charge in [0.1, 0.15) is 12.4 Å². The Morgan fingerprint density at radius 1 is 0.938 bits per heavy atom. The highest BCUT2D eigenvalue weighted by molar-refractivity contribution is 5.91. The van der Waals surface area contributed by atoms with Crippen molar-refractivity contribution >= 4 is 12.0 Å². The van der Waals surface area contributed by atoms with E-state index in [0.717, 1.165) is 34.7 Å². The van der Waals surface area contributed by atoms with E-state index in [2.05, 4.69) is 27.5 Å². The molecule has 0 aliphatic heterocycles. The first-order valence-electron chi connectivity index (χ1n) is 10.4. The van der Waals surface area contributed by atoms with Gasteiger partial charge in [-0.15, -0.1) is 0 Å². The summed E-state index contributed by atoms with van der Waals surface area (Å²) in [4.78, 5) is 16.4. The Morgan fingerprint density at radius 3 is 2.47 bits per heavy atom. The second-order valence-corrected chi connectivity index (χ2v) is 7.25. The van der Waals surface area contributed by atoms with Crippen molar-refractivity contribution in [2.75, 3.05) is 0 Å². The van der Waals surface area contributed by atoms with Gasteiger partial charge in [0.25, 0.3) is 0 Å². The van der Waals surface area contributed by atoms with Crippen molar-refractivity contribution in [1.29, 1.82) is 0 Å². The molecule has 2 aromatic carbocycles. The van der Waals surface area contributed by atoms with Gasteiger partial charge in [0, 0.05) is 31.2 Å². The van der Waals surface area contributed by atoms with Gasteiger partial charge in [-0.2, -0.15) is 5.10 Å². The molecule has 2 heterocycles. The molecule has 0 fully saturated rings. The van der Waals surface area contributed by atoms with Crippen LogP contribution in [0.4, 0.5) is 0 Å². The molecule has 6 heteroatoms. The van der Waals surface area contributed by atoms with Gasteiger partial charge in [-0.25, -0.2) is 0 Å². The third-order valence-corrected chi connectivity index (χ3v) is 4.81. The summed E-state index contributed by atoms with van der Waals surface area (Å²) in [5, 5.41) is 7.12. The Morgan fingerprint density at radius 2 is 1.75 bits per heavy atom. The van der Waals surface area contributed by atoms with Gasteiger partial charge in [0.05, 0.1) is 12.2 Å². The van der Waals surface area contributed by atoms with E-state index in [1.165, 1.54) is 6.08 Å². The third-order valence-electron chi connectivity index (χ3n) is 4.81. The van der Waals surface area contributed by atoms with Crippen molar-refractivity contribution in [3.63, 3.8) is 0 Å². The summed E-state index contributed by atoms with van der Waals surface area (Å²) in [6.07, 6.45) is 8.77. The second kappa shape index (κ2) is 10.7. The van der Waals surface area contributed by atoms with E-state index < -0.39 is 0 Å². The monoisotopic (exact) mass is 424 g/mol. The molecule has 0 unspecified atom stereocenters. The number of pyridine rings is 1. The predicted molar refractivity (Wildman–Crippen MR) is 124 cm³/mol. The first-order chi connectivity index (χ1) is 15.7. The molecule has 2 aromatic heterocycles. The van der Waals surface area contributed by atoms with Crippen LogP contribution in [0.2, 0.25) is 0 Å². The first kappa shape index (κ1) is 21.1. The highest BCUT2D eigenvalue weighted by atomic mass is 16.5. The van der Waals surface area contributed by atoms with Crippen LogP contribution in [0.5, 0.6) is 5.75 Å². The zero-order chi connectivity index (χ0) is 22.0. The van der Waals surface area contributed by atoms with E-state index in [-0.39, 0.29) is 5.91 Å². The van der Waals surface area contributed by atoms with Gasteiger partial charge in [0.15, 0.2) is 0 Å². The minimum absolute atomic E-state index is 0.138. The van der Waals surface area contributed by atoms with Crippen molar-refractivity contribution in [2.24, 2.45) is 0 Å². The first-order valence-corrected chi connectivity index (χ1v) is 10.4. The molecule has 160 valence electrons. The number of carbonyl (C=O) groups excluding carboxylic acids is 1. The maximum Gasteiger partial charge on any atom is 0.244 e. The second-order valence-electron chi connectivity index (χ2n) is 7.25. The standard InChI is InChI=1S/C26H24N4O2/c31-26(28-18-22-5-7-23(8-6-22)19-30-17-3-16-29-30)14-11-21-9-12-25(13-10-21)32-20-24-4-1-2-15-27-24/h1-17H,18-20H2,(H,28,31)/b14-11+. The normalized spacial score (nSPS) is 10.9. The van der Waals surface area contributed by atoms with Crippen molar-refractivity contribution < 1.29 is 9.53 Å². The fraction of sp³-hybridized carbons (Fsp3) is 0.115. The van der Waals surface area contributed by atoms with Crippen LogP contribution < -0.4 is 10.1 Å². The fourth-order valence-electron chi connectivity index (χ4n) is 3.08. The largest absolute Gasteiger partial charge is 0.487 e. The molecule has 4 rings (SSSR count). The third kappa shape index (κ3) is 6.40. The summed E-state index contributed by atoms with van der Waals surface area (Å²) < 4.78 is 7.60. The maximum atomic E-state index is 12.2. The van der Waals surface area contributed by atoms with Crippen molar-refractivity contribution in [3.05, 3.63) is 120 Å². The van der Waals surface area contributed by atoms with Crippen LogP contribution >= 0.6 is 0 Å². The Balaban J connectivity index is 1.21. The minimum atomic E-state index is -0.138. The van der Waals surface area contributed by atoms with Gasteiger partial charge in [-0.1, -0.05) is 42.5 Å². The molecule has 0 atom stereocenters. The Hall–Kier alpha value is -4.19. The highest BCUT2D eigenvalue weighted by Gasteiger charge is 2.00. The van der Waals surface area contributed by atoms with Gasteiger partial charge in [0.2, 0.25) is 5.91 Å². The molecule has 0 bridgehead atoms. The van der Waals surface area contributed by atoms with Gasteiger partial charge < -0.3 is 10.1 Å². The summed E-state index contributed by atoms with van der Waals surface area (Å²) >= 11 is 0. The SMILES string of the molecule is O=C(/C=C/c1ccc(OCc2ccccn2)cc1)NCc1ccc(Cn2cccn2)cc1. The number of carbonyl (C=O) groups is 1. The lowest BCUT2D eigenvalue weighted by Gasteiger charge is -2.06. The molecule has 32 heavy (non-hydrogen) atoms. The highest BCUT2D eigenvalue weighted by Crippen LogP contribution is 2.14. The molecule has 0 saturated carbocycles. The fourth-order valence-corrected chi connectivity index (χ4v) is 3.08. The Bertz CT molecular complexity index is 1140. The molecular formula is C26H24N4O2. The molecular weight excluding hydrogens is 400 g/mol. The summed E-state index contributed by atoms with van der Waals surface area (Å²) in [7, 11) is 0. The van der Waals surface area contributed by atoms with Crippen LogP contribution in [0.15, 0.2) is 97.5 Å². The average Bonchev–Trinajstić information content (AvgIpc) is 3.35. The number of aromatic nitrogens is 3. The lowest BCUT2D eigenvalue weighted by molar-refractivity contribution is -0.116. The lowest BCUT2D eigenvalue weighted by atomic mass is 10.1. The van der Waals surface area contributed by atoms with Crippen molar-refractivity contribution in [2.45, 2.75) is 19.7 Å². The maximum absolute atomic E-state index is 12.2. The smallest absolute Gasteiger partial charge is 0.244 e. The van der Waals surface area contributed by atoms with Crippen molar-refractivity contribution in [3.8, 4) is 5.75 Å². The number of nitrogens with one attached hydrogen (secondary N) is 1. The van der Waals surface area contributed by atoms with Crippen LogP contribution in [-0.4, -0.2) is 20.7 Å². The number of hydrogen-bond acceptors (Lipinski definition) is 4. The molecule has 0 spiro atoms. The lowest BCUT2D eigenvalue weighted by Crippen LogP contribution is -2.20. The van der Waals surface area contributed by atoms with Crippen LogP contribution in [0.3, 0.4) is 0 Å². The number of nitrogens with zero attached hydrogens (tertiary/aromatic N) is 3. The zero-order valence-corrected chi connectivity index (χ0v) is 17.6. The summed E-state index contributed by atoms with van der Waals surface area (Å²) in [5.74, 6) is 0.620. The van der Waals surface area contributed by atoms with Crippen LogP contribution in [-0.2, 0) is 24.5 Å². The number of rotatable bonds is 9. The summed E-state index contributed by atoms with van der Waals surface area (Å²) in [5.41, 5.74) is 4.01. The molecule has 4 aromatic rings. The number of benzene rings is 2. The Kier molecular flexibility index (Phi) is 7.06. The average molecular weight is 425 g/mol. The Labute approximate surface area is 187 Å². The molecule has 0 radical (unpaired) electrons. The molecule has 0 aliphatic rings. The van der Waals surface area contributed by atoms with E-state index in [9.17, 15) is 4.79 Å². The molecule has 0 aliphatic carbocycles. The zero-order valence-electron chi connectivity index (χ0n) is 17.6. The van der Waals surface area contributed by atoms with E-state index in [4.69, 9.17) is 4.74 Å². The van der Waals surface area contributed by atoms with E-state index in [1.807, 2.05) is 71.5 Å². The number of ether oxygens (including phenoxy) is 1. The topological polar surface area (TPSA) is 69.0 Å². The van der Waals surface area contributed by atoms with Gasteiger partial charge >= 0.3 is 0 Å². The summed E-state index contributed by atoms with van der Waals surface area (Å²) in [6, 6.07) is 23.4. The van der Waals surface area contributed by atoms with Crippen LogP contribution in [0.1, 0.15) is 22.4 Å². The molecule has 6 nitrogen and oxygen atoms in total. The van der Waals surface area contributed by atoms with Gasteiger partial charge in [-0.3, -0.25) is 14.5 Å². The quantitative estimate of drug-likeness (QED) is 0.408. The number of hydrogen-bond donors (Lipinski definition) is 1. The predicted octanol–water partition coefficient (Wildman–Crippen LogP) is 4.24. The van der Waals surface area contributed by atoms with Crippen LogP contribution in [0.25, 0.3) is 6.08 Å². The molecule has 1 N–H and O–H groups in total. The molecule has 0 saturated heterocycles.